The van der Waals surface area contributed by atoms with E-state index in [1.807, 2.05) is 17.0 Å². The highest BCUT2D eigenvalue weighted by Crippen LogP contribution is 2.29. The number of benzene rings is 1. The number of rotatable bonds is 2. The molecule has 1 atom stereocenters. The fraction of sp³-hybridized carbons (Fsp3) is 0.333. The predicted octanol–water partition coefficient (Wildman–Crippen LogP) is 1.12. The van der Waals surface area contributed by atoms with Crippen molar-refractivity contribution in [2.45, 2.75) is 12.5 Å². The molecule has 3 rings (SSSR count). The number of carbonyl (C=O) groups excluding carboxylic acids is 1. The van der Waals surface area contributed by atoms with Gasteiger partial charge in [-0.15, -0.1) is 0 Å². The van der Waals surface area contributed by atoms with Gasteiger partial charge in [-0.05, 0) is 23.6 Å². The molecule has 1 aliphatic heterocycles. The molecule has 1 aromatic heterocycles. The Labute approximate surface area is 118 Å². The van der Waals surface area contributed by atoms with E-state index in [0.717, 1.165) is 12.0 Å². The number of amides is 1. The summed E-state index contributed by atoms with van der Waals surface area (Å²) >= 11 is 0. The third-order valence-electron chi connectivity index (χ3n) is 3.94. The molecule has 0 fully saturated rings. The molecule has 0 saturated carbocycles. The van der Waals surface area contributed by atoms with Crippen molar-refractivity contribution in [1.82, 2.24) is 14.7 Å². The van der Waals surface area contributed by atoms with E-state index in [1.165, 1.54) is 5.56 Å². The van der Waals surface area contributed by atoms with Crippen LogP contribution < -0.4 is 5.73 Å². The van der Waals surface area contributed by atoms with Gasteiger partial charge in [0.2, 0.25) is 0 Å². The highest BCUT2D eigenvalue weighted by Gasteiger charge is 2.31. The van der Waals surface area contributed by atoms with Gasteiger partial charge in [0, 0.05) is 26.3 Å². The molecule has 0 radical (unpaired) electrons. The number of nitrogens with two attached hydrogens (primary N) is 1. The van der Waals surface area contributed by atoms with Gasteiger partial charge < -0.3 is 10.6 Å². The second-order valence-electron chi connectivity index (χ2n) is 5.04. The van der Waals surface area contributed by atoms with Crippen LogP contribution in [0.15, 0.2) is 36.5 Å². The van der Waals surface area contributed by atoms with Gasteiger partial charge in [-0.2, -0.15) is 5.10 Å². The Morgan fingerprint density at radius 3 is 2.90 bits per heavy atom. The highest BCUT2D eigenvalue weighted by atomic mass is 16.2. The molecule has 0 aliphatic carbocycles. The lowest BCUT2D eigenvalue weighted by Gasteiger charge is -2.36. The Hall–Kier alpha value is -2.14. The van der Waals surface area contributed by atoms with Gasteiger partial charge in [0.15, 0.2) is 0 Å². The maximum atomic E-state index is 12.7. The second kappa shape index (κ2) is 5.09. The van der Waals surface area contributed by atoms with Gasteiger partial charge >= 0.3 is 0 Å². The molecule has 104 valence electrons. The number of hydrogen-bond donors (Lipinski definition) is 1. The molecule has 1 aromatic carbocycles. The third-order valence-corrected chi connectivity index (χ3v) is 3.94. The van der Waals surface area contributed by atoms with E-state index in [2.05, 4.69) is 17.2 Å². The standard InChI is InChI=1S/C15H18N4O/c1-18-13(6-8-17-18)15(20)19-9-7-11-4-2-3-5-12(11)14(19)10-16/h2-6,8,14H,7,9-10,16H2,1H3. The zero-order chi connectivity index (χ0) is 14.1. The quantitative estimate of drug-likeness (QED) is 0.889. The van der Waals surface area contributed by atoms with Crippen LogP contribution in [-0.4, -0.2) is 33.7 Å². The van der Waals surface area contributed by atoms with Crippen LogP contribution in [0.25, 0.3) is 0 Å². The second-order valence-corrected chi connectivity index (χ2v) is 5.04. The molecule has 0 saturated heterocycles. The molecule has 0 bridgehead atoms. The minimum Gasteiger partial charge on any atom is -0.329 e. The largest absolute Gasteiger partial charge is 0.329 e. The Kier molecular flexibility index (Phi) is 3.28. The number of nitrogens with zero attached hydrogens (tertiary/aromatic N) is 3. The van der Waals surface area contributed by atoms with Crippen molar-refractivity contribution in [1.29, 1.82) is 0 Å². The molecule has 0 spiro atoms. The Morgan fingerprint density at radius 1 is 1.40 bits per heavy atom. The van der Waals surface area contributed by atoms with Gasteiger partial charge in [0.1, 0.15) is 5.69 Å². The maximum absolute atomic E-state index is 12.7. The summed E-state index contributed by atoms with van der Waals surface area (Å²) in [5, 5.41) is 4.07. The molecule has 2 heterocycles. The first kappa shape index (κ1) is 12.9. The van der Waals surface area contributed by atoms with Crippen LogP contribution in [0.3, 0.4) is 0 Å². The summed E-state index contributed by atoms with van der Waals surface area (Å²) in [5.74, 6) is -0.00467. The minimum absolute atomic E-state index is 0.00467. The van der Waals surface area contributed by atoms with Crippen LogP contribution in [0.2, 0.25) is 0 Å². The van der Waals surface area contributed by atoms with Crippen LogP contribution in [0.5, 0.6) is 0 Å². The summed E-state index contributed by atoms with van der Waals surface area (Å²) in [6.45, 7) is 1.13. The van der Waals surface area contributed by atoms with E-state index in [1.54, 1.807) is 24.0 Å². The summed E-state index contributed by atoms with van der Waals surface area (Å²) in [5.41, 5.74) is 8.97. The summed E-state index contributed by atoms with van der Waals surface area (Å²) in [7, 11) is 1.78. The van der Waals surface area contributed by atoms with E-state index >= 15 is 0 Å². The molecule has 1 amide bonds. The average molecular weight is 270 g/mol. The topological polar surface area (TPSA) is 64.2 Å². The molecule has 1 unspecified atom stereocenters. The molecule has 5 nitrogen and oxygen atoms in total. The lowest BCUT2D eigenvalue weighted by molar-refractivity contribution is 0.0656. The van der Waals surface area contributed by atoms with Crippen LogP contribution in [-0.2, 0) is 13.5 Å². The summed E-state index contributed by atoms with van der Waals surface area (Å²) in [6.07, 6.45) is 2.51. The highest BCUT2D eigenvalue weighted by molar-refractivity contribution is 5.93. The predicted molar refractivity (Wildman–Crippen MR) is 76.2 cm³/mol. The fourth-order valence-corrected chi connectivity index (χ4v) is 2.88. The van der Waals surface area contributed by atoms with Crippen molar-refractivity contribution in [3.05, 3.63) is 53.3 Å². The molecule has 2 N–H and O–H groups in total. The summed E-state index contributed by atoms with van der Waals surface area (Å²) in [4.78, 5) is 14.5. The van der Waals surface area contributed by atoms with Gasteiger partial charge in [-0.1, -0.05) is 24.3 Å². The van der Waals surface area contributed by atoms with Gasteiger partial charge in [0.05, 0.1) is 6.04 Å². The van der Waals surface area contributed by atoms with Gasteiger partial charge in [-0.25, -0.2) is 0 Å². The SMILES string of the molecule is Cn1nccc1C(=O)N1CCc2ccccc2C1CN. The minimum atomic E-state index is -0.0534. The number of hydrogen-bond acceptors (Lipinski definition) is 3. The first-order valence-electron chi connectivity index (χ1n) is 6.79. The summed E-state index contributed by atoms with van der Waals surface area (Å²) in [6, 6.07) is 9.91. The first-order valence-corrected chi connectivity index (χ1v) is 6.79. The summed E-state index contributed by atoms with van der Waals surface area (Å²) < 4.78 is 1.61. The molecule has 1 aliphatic rings. The lowest BCUT2D eigenvalue weighted by atomic mass is 9.92. The molecular weight excluding hydrogens is 252 g/mol. The van der Waals surface area contributed by atoms with E-state index in [9.17, 15) is 4.79 Å². The molecule has 20 heavy (non-hydrogen) atoms. The molecule has 5 heteroatoms. The first-order chi connectivity index (χ1) is 9.72. The van der Waals surface area contributed by atoms with Gasteiger partial charge in [0.25, 0.3) is 5.91 Å². The Morgan fingerprint density at radius 2 is 2.20 bits per heavy atom. The van der Waals surface area contributed by atoms with Crippen LogP contribution in [0.1, 0.15) is 27.7 Å². The number of aryl methyl sites for hydroxylation is 1. The van der Waals surface area contributed by atoms with E-state index in [0.29, 0.717) is 18.8 Å². The van der Waals surface area contributed by atoms with Crippen LogP contribution >= 0.6 is 0 Å². The average Bonchev–Trinajstić information content (AvgIpc) is 2.91. The van der Waals surface area contributed by atoms with Crippen molar-refractivity contribution in [3.63, 3.8) is 0 Å². The fourth-order valence-electron chi connectivity index (χ4n) is 2.88. The molecular formula is C15H18N4O. The maximum Gasteiger partial charge on any atom is 0.272 e. The normalized spacial score (nSPS) is 17.9. The van der Waals surface area contributed by atoms with Crippen molar-refractivity contribution < 1.29 is 4.79 Å². The third kappa shape index (κ3) is 2.00. The smallest absolute Gasteiger partial charge is 0.272 e. The van der Waals surface area contributed by atoms with E-state index < -0.39 is 0 Å². The monoisotopic (exact) mass is 270 g/mol. The zero-order valence-electron chi connectivity index (χ0n) is 11.5. The van der Waals surface area contributed by atoms with Crippen molar-refractivity contribution in [3.8, 4) is 0 Å². The van der Waals surface area contributed by atoms with Crippen LogP contribution in [0.4, 0.5) is 0 Å². The van der Waals surface area contributed by atoms with Crippen molar-refractivity contribution in [2.24, 2.45) is 12.8 Å². The van der Waals surface area contributed by atoms with Crippen LogP contribution in [0, 0.1) is 0 Å². The molecule has 2 aromatic rings. The Bertz CT molecular complexity index is 634. The lowest BCUT2D eigenvalue weighted by Crippen LogP contribution is -2.43. The van der Waals surface area contributed by atoms with E-state index in [-0.39, 0.29) is 11.9 Å². The zero-order valence-corrected chi connectivity index (χ0v) is 11.5. The number of aromatic nitrogens is 2. The van der Waals surface area contributed by atoms with Crippen molar-refractivity contribution >= 4 is 5.91 Å². The Balaban J connectivity index is 1.96. The van der Waals surface area contributed by atoms with Gasteiger partial charge in [-0.3, -0.25) is 9.48 Å². The van der Waals surface area contributed by atoms with Crippen molar-refractivity contribution in [2.75, 3.05) is 13.1 Å². The van der Waals surface area contributed by atoms with E-state index in [4.69, 9.17) is 5.73 Å². The number of fused-ring (bicyclic) bond motifs is 1. The number of carbonyl (C=O) groups is 1.